The summed E-state index contributed by atoms with van der Waals surface area (Å²) in [7, 11) is -1.34. The number of aromatic nitrogens is 2. The third-order valence-corrected chi connectivity index (χ3v) is 5.09. The Labute approximate surface area is 107 Å². The number of benzene rings is 1. The number of nitrogens with zero attached hydrogens (tertiary/aromatic N) is 2. The highest BCUT2D eigenvalue weighted by molar-refractivity contribution is 7.92. The van der Waals surface area contributed by atoms with Gasteiger partial charge in [-0.15, -0.1) is 0 Å². The predicted molar refractivity (Wildman–Crippen MR) is 71.0 cm³/mol. The quantitative estimate of drug-likeness (QED) is 0.854. The van der Waals surface area contributed by atoms with Crippen LogP contribution in [0.3, 0.4) is 0 Å². The molecule has 0 aliphatic rings. The summed E-state index contributed by atoms with van der Waals surface area (Å²) >= 11 is 0. The molecule has 2 aromatic rings. The second-order valence-corrected chi connectivity index (χ2v) is 6.96. The lowest BCUT2D eigenvalue weighted by Gasteiger charge is -2.08. The van der Waals surface area contributed by atoms with Crippen LogP contribution in [0.5, 0.6) is 0 Å². The first-order valence-corrected chi connectivity index (χ1v) is 7.30. The summed E-state index contributed by atoms with van der Waals surface area (Å²) in [6, 6.07) is 8.82. The van der Waals surface area contributed by atoms with Gasteiger partial charge in [0.25, 0.3) is 0 Å². The third-order valence-electron chi connectivity index (χ3n) is 2.92. The minimum absolute atomic E-state index is 0.364. The van der Waals surface area contributed by atoms with E-state index in [9.17, 15) is 8.42 Å². The Morgan fingerprint density at radius 1 is 1.11 bits per heavy atom. The van der Waals surface area contributed by atoms with E-state index >= 15 is 0 Å². The zero-order valence-corrected chi connectivity index (χ0v) is 11.5. The van der Waals surface area contributed by atoms with E-state index in [4.69, 9.17) is 0 Å². The van der Waals surface area contributed by atoms with Gasteiger partial charge in [0.2, 0.25) is 0 Å². The van der Waals surface area contributed by atoms with Gasteiger partial charge in [-0.1, -0.05) is 12.1 Å². The van der Waals surface area contributed by atoms with E-state index in [1.54, 1.807) is 36.9 Å². The molecule has 0 radical (unpaired) electrons. The third kappa shape index (κ3) is 2.18. The Balaban J connectivity index is 2.41. The Hall–Kier alpha value is -1.62. The van der Waals surface area contributed by atoms with E-state index in [-0.39, 0.29) is 0 Å². The van der Waals surface area contributed by atoms with E-state index in [1.807, 2.05) is 25.2 Å². The molecule has 0 N–H and O–H groups in total. The van der Waals surface area contributed by atoms with E-state index in [0.717, 1.165) is 11.3 Å². The number of rotatable bonds is 3. The maximum atomic E-state index is 12.0. The van der Waals surface area contributed by atoms with Crippen molar-refractivity contribution < 1.29 is 8.42 Å². The van der Waals surface area contributed by atoms with Crippen molar-refractivity contribution in [3.8, 4) is 11.3 Å². The van der Waals surface area contributed by atoms with Gasteiger partial charge >= 0.3 is 0 Å². The molecule has 0 saturated heterocycles. The molecule has 0 atom stereocenters. The fourth-order valence-corrected chi connectivity index (χ4v) is 2.80. The summed E-state index contributed by atoms with van der Waals surface area (Å²) in [5, 5.41) is 3.69. The van der Waals surface area contributed by atoms with Gasteiger partial charge < -0.3 is 0 Å². The molecule has 0 aliphatic carbocycles. The van der Waals surface area contributed by atoms with Gasteiger partial charge in [0.15, 0.2) is 9.84 Å². The van der Waals surface area contributed by atoms with Crippen molar-refractivity contribution >= 4 is 9.84 Å². The van der Waals surface area contributed by atoms with Crippen LogP contribution >= 0.6 is 0 Å². The summed E-state index contributed by atoms with van der Waals surface area (Å²) in [5.74, 6) is 0. The monoisotopic (exact) mass is 264 g/mol. The van der Waals surface area contributed by atoms with Crippen LogP contribution in [0, 0.1) is 0 Å². The largest absolute Gasteiger partial charge is 0.268 e. The topological polar surface area (TPSA) is 52.0 Å². The second-order valence-electron chi connectivity index (χ2n) is 4.46. The normalized spacial score (nSPS) is 12.0. The van der Waals surface area contributed by atoms with Crippen LogP contribution in [-0.2, 0) is 16.9 Å². The molecule has 1 aromatic carbocycles. The highest BCUT2D eigenvalue weighted by Gasteiger charge is 2.18. The van der Waals surface area contributed by atoms with Gasteiger partial charge in [-0.05, 0) is 37.6 Å². The Kier molecular flexibility index (Phi) is 3.26. The minimum atomic E-state index is -3.20. The molecule has 96 valence electrons. The maximum absolute atomic E-state index is 12.0. The molecule has 0 saturated carbocycles. The van der Waals surface area contributed by atoms with Gasteiger partial charge in [0, 0.05) is 13.2 Å². The van der Waals surface area contributed by atoms with Gasteiger partial charge in [-0.25, -0.2) is 8.42 Å². The summed E-state index contributed by atoms with van der Waals surface area (Å²) in [5.41, 5.74) is 1.92. The van der Waals surface area contributed by atoms with Gasteiger partial charge in [-0.2, -0.15) is 5.10 Å². The summed E-state index contributed by atoms with van der Waals surface area (Å²) in [6.45, 7) is 3.37. The fourth-order valence-electron chi connectivity index (χ4n) is 1.74. The van der Waals surface area contributed by atoms with E-state index in [2.05, 4.69) is 5.10 Å². The SMILES string of the molecule is CC(C)S(=O)(=O)c1ccc(-c2ccnn2C)cc1. The molecule has 18 heavy (non-hydrogen) atoms. The molecule has 4 nitrogen and oxygen atoms in total. The van der Waals surface area contributed by atoms with Crippen LogP contribution < -0.4 is 0 Å². The predicted octanol–water partition coefficient (Wildman–Crippen LogP) is 2.27. The van der Waals surface area contributed by atoms with E-state index in [0.29, 0.717) is 4.90 Å². The van der Waals surface area contributed by atoms with Crippen molar-refractivity contribution in [3.63, 3.8) is 0 Å². The van der Waals surface area contributed by atoms with E-state index < -0.39 is 15.1 Å². The average Bonchev–Trinajstić information content (AvgIpc) is 2.75. The van der Waals surface area contributed by atoms with Crippen molar-refractivity contribution in [2.75, 3.05) is 0 Å². The summed E-state index contributed by atoms with van der Waals surface area (Å²) < 4.78 is 25.7. The molecule has 0 amide bonds. The van der Waals surface area contributed by atoms with Gasteiger partial charge in [0.1, 0.15) is 0 Å². The number of aryl methyl sites for hydroxylation is 1. The molecule has 0 bridgehead atoms. The van der Waals surface area contributed by atoms with E-state index in [1.165, 1.54) is 0 Å². The van der Waals surface area contributed by atoms with Gasteiger partial charge in [0.05, 0.1) is 15.8 Å². The number of sulfone groups is 1. The van der Waals surface area contributed by atoms with Crippen LogP contribution in [0.4, 0.5) is 0 Å². The van der Waals surface area contributed by atoms with Crippen molar-refractivity contribution in [2.24, 2.45) is 7.05 Å². The van der Waals surface area contributed by atoms with Crippen LogP contribution in [0.2, 0.25) is 0 Å². The van der Waals surface area contributed by atoms with Crippen molar-refractivity contribution in [1.29, 1.82) is 0 Å². The molecule has 1 heterocycles. The van der Waals surface area contributed by atoms with Crippen LogP contribution in [-0.4, -0.2) is 23.4 Å². The smallest absolute Gasteiger partial charge is 0.180 e. The number of hydrogen-bond acceptors (Lipinski definition) is 3. The van der Waals surface area contributed by atoms with Gasteiger partial charge in [-0.3, -0.25) is 4.68 Å². The highest BCUT2D eigenvalue weighted by Crippen LogP contribution is 2.22. The molecule has 0 spiro atoms. The lowest BCUT2D eigenvalue weighted by molar-refractivity contribution is 0.587. The molecule has 1 aromatic heterocycles. The summed E-state index contributed by atoms with van der Waals surface area (Å²) in [6.07, 6.45) is 1.72. The lowest BCUT2D eigenvalue weighted by atomic mass is 10.1. The number of hydrogen-bond donors (Lipinski definition) is 0. The first kappa shape index (κ1) is 12.8. The molecule has 0 aliphatic heterocycles. The average molecular weight is 264 g/mol. The Morgan fingerprint density at radius 3 is 2.17 bits per heavy atom. The minimum Gasteiger partial charge on any atom is -0.268 e. The van der Waals surface area contributed by atoms with Crippen molar-refractivity contribution in [1.82, 2.24) is 9.78 Å². The zero-order valence-electron chi connectivity index (χ0n) is 10.7. The van der Waals surface area contributed by atoms with Crippen molar-refractivity contribution in [2.45, 2.75) is 24.0 Å². The van der Waals surface area contributed by atoms with Crippen LogP contribution in [0.15, 0.2) is 41.4 Å². The maximum Gasteiger partial charge on any atom is 0.180 e. The molecule has 0 fully saturated rings. The first-order chi connectivity index (χ1) is 8.43. The zero-order chi connectivity index (χ0) is 13.3. The molecule has 5 heteroatoms. The molecule has 0 unspecified atom stereocenters. The Morgan fingerprint density at radius 2 is 1.72 bits per heavy atom. The van der Waals surface area contributed by atoms with Crippen molar-refractivity contribution in [3.05, 3.63) is 36.5 Å². The second kappa shape index (κ2) is 4.57. The molecular formula is C13H16N2O2S. The molecule has 2 rings (SSSR count). The molecular weight excluding hydrogens is 248 g/mol. The summed E-state index contributed by atoms with van der Waals surface area (Å²) in [4.78, 5) is 0.364. The first-order valence-electron chi connectivity index (χ1n) is 5.75. The fraction of sp³-hybridized carbons (Fsp3) is 0.308. The Bertz CT molecular complexity index is 640. The van der Waals surface area contributed by atoms with Crippen LogP contribution in [0.1, 0.15) is 13.8 Å². The van der Waals surface area contributed by atoms with Crippen LogP contribution in [0.25, 0.3) is 11.3 Å². The highest BCUT2D eigenvalue weighted by atomic mass is 32.2. The standard InChI is InChI=1S/C13H16N2O2S/c1-10(2)18(16,17)12-6-4-11(5-7-12)13-8-9-14-15(13)3/h4-10H,1-3H3. The lowest BCUT2D eigenvalue weighted by Crippen LogP contribution is -2.13.